The van der Waals surface area contributed by atoms with Crippen molar-refractivity contribution in [3.8, 4) is 0 Å². The van der Waals surface area contributed by atoms with Gasteiger partial charge < -0.3 is 15.1 Å². The molecule has 1 aromatic heterocycles. The molecule has 1 aliphatic heterocycles. The summed E-state index contributed by atoms with van der Waals surface area (Å²) in [7, 11) is -1.40. The summed E-state index contributed by atoms with van der Waals surface area (Å²) in [5.41, 5.74) is 0.969. The number of rotatable bonds is 8. The number of hydrogen-bond acceptors (Lipinski definition) is 7. The first kappa shape index (κ1) is 26.9. The molecule has 4 aromatic rings. The van der Waals surface area contributed by atoms with Gasteiger partial charge in [-0.25, -0.2) is 18.1 Å². The van der Waals surface area contributed by atoms with Crippen molar-refractivity contribution < 1.29 is 8.42 Å². The fraction of sp³-hybridized carbons (Fsp3) is 0.419. The summed E-state index contributed by atoms with van der Waals surface area (Å²) in [4.78, 5) is 14.9. The molecule has 2 fully saturated rings. The summed E-state index contributed by atoms with van der Waals surface area (Å²) in [5.74, 6) is 2.58. The standard InChI is InChI=1S/C31H38N6O2S/c1-36-17-19-37(20-18-36)30-27-10-4-5-11-28(27)34-31(35-30)32-21-23-13-15-24(16-14-23)22-33-40(38,39)29-12-6-8-25-7-2-3-9-26(25)29/h2-12,23-24,33H,13-22H2,1H3,(H,32,34,35). The van der Waals surface area contributed by atoms with E-state index in [4.69, 9.17) is 9.97 Å². The molecule has 9 heteroatoms. The Kier molecular flexibility index (Phi) is 7.87. The van der Waals surface area contributed by atoms with Gasteiger partial charge in [0.15, 0.2) is 0 Å². The van der Waals surface area contributed by atoms with Crippen LogP contribution in [0.2, 0.25) is 0 Å². The van der Waals surface area contributed by atoms with Crippen LogP contribution in [0.1, 0.15) is 25.7 Å². The highest BCUT2D eigenvalue weighted by molar-refractivity contribution is 7.89. The summed E-state index contributed by atoms with van der Waals surface area (Å²) in [5, 5.41) is 6.33. The SMILES string of the molecule is CN1CCN(c2nc(NCC3CCC(CNS(=O)(=O)c4cccc5ccccc45)CC3)nc3ccccc23)CC1. The molecule has 0 unspecified atom stereocenters. The molecule has 0 atom stereocenters. The van der Waals surface area contributed by atoms with Crippen molar-refractivity contribution in [2.75, 3.05) is 56.5 Å². The van der Waals surface area contributed by atoms with E-state index in [9.17, 15) is 8.42 Å². The van der Waals surface area contributed by atoms with E-state index in [0.717, 1.165) is 85.9 Å². The van der Waals surface area contributed by atoms with Crippen molar-refractivity contribution in [1.82, 2.24) is 19.6 Å². The minimum absolute atomic E-state index is 0.349. The Morgan fingerprint density at radius 2 is 1.43 bits per heavy atom. The highest BCUT2D eigenvalue weighted by Gasteiger charge is 2.25. The third-order valence-electron chi connectivity index (χ3n) is 8.50. The van der Waals surface area contributed by atoms with Crippen molar-refractivity contribution in [1.29, 1.82) is 0 Å². The Balaban J connectivity index is 1.04. The maximum absolute atomic E-state index is 13.1. The molecule has 1 saturated carbocycles. The second kappa shape index (κ2) is 11.7. The lowest BCUT2D eigenvalue weighted by Crippen LogP contribution is -2.45. The number of benzene rings is 3. The number of likely N-dealkylation sites (N-methyl/N-ethyl adjacent to an activating group) is 1. The number of hydrogen-bond donors (Lipinski definition) is 2. The van der Waals surface area contributed by atoms with E-state index in [1.807, 2.05) is 42.5 Å². The molecule has 40 heavy (non-hydrogen) atoms. The van der Waals surface area contributed by atoms with Crippen LogP contribution in [0.4, 0.5) is 11.8 Å². The number of nitrogens with zero attached hydrogens (tertiary/aromatic N) is 4. The monoisotopic (exact) mass is 558 g/mol. The number of para-hydroxylation sites is 1. The Bertz CT molecular complexity index is 1570. The van der Waals surface area contributed by atoms with Gasteiger partial charge in [0, 0.05) is 50.0 Å². The summed E-state index contributed by atoms with van der Waals surface area (Å²) in [6.07, 6.45) is 4.14. The Morgan fingerprint density at radius 3 is 2.20 bits per heavy atom. The van der Waals surface area contributed by atoms with Crippen molar-refractivity contribution in [2.24, 2.45) is 11.8 Å². The van der Waals surface area contributed by atoms with Gasteiger partial charge in [0.25, 0.3) is 0 Å². The van der Waals surface area contributed by atoms with Crippen LogP contribution >= 0.6 is 0 Å². The summed E-state index contributed by atoms with van der Waals surface area (Å²) >= 11 is 0. The maximum Gasteiger partial charge on any atom is 0.241 e. The van der Waals surface area contributed by atoms with Crippen LogP contribution in [0.3, 0.4) is 0 Å². The summed E-state index contributed by atoms with van der Waals surface area (Å²) in [6.45, 7) is 5.30. The van der Waals surface area contributed by atoms with Gasteiger partial charge >= 0.3 is 0 Å². The number of piperazine rings is 1. The van der Waals surface area contributed by atoms with Crippen molar-refractivity contribution in [2.45, 2.75) is 30.6 Å². The molecule has 210 valence electrons. The molecule has 3 aromatic carbocycles. The normalized spacial score (nSPS) is 20.7. The van der Waals surface area contributed by atoms with Crippen LogP contribution in [0.5, 0.6) is 0 Å². The predicted molar refractivity (Wildman–Crippen MR) is 162 cm³/mol. The van der Waals surface area contributed by atoms with Gasteiger partial charge in [-0.1, -0.05) is 48.5 Å². The van der Waals surface area contributed by atoms with E-state index in [0.29, 0.717) is 29.2 Å². The molecule has 0 amide bonds. The predicted octanol–water partition coefficient (Wildman–Crippen LogP) is 4.73. The van der Waals surface area contributed by atoms with E-state index in [-0.39, 0.29) is 0 Å². The Morgan fingerprint density at radius 1 is 0.775 bits per heavy atom. The second-order valence-electron chi connectivity index (χ2n) is 11.3. The Labute approximate surface area is 236 Å². The van der Waals surface area contributed by atoms with E-state index in [1.54, 1.807) is 6.07 Å². The van der Waals surface area contributed by atoms with Crippen LogP contribution in [0.15, 0.2) is 71.6 Å². The molecule has 0 bridgehead atoms. The third-order valence-corrected chi connectivity index (χ3v) is 9.98. The van der Waals surface area contributed by atoms with Crippen LogP contribution in [0.25, 0.3) is 21.7 Å². The molecule has 1 saturated heterocycles. The Hall–Kier alpha value is -3.27. The average Bonchev–Trinajstić information content (AvgIpc) is 2.99. The second-order valence-corrected chi connectivity index (χ2v) is 13.0. The fourth-order valence-electron chi connectivity index (χ4n) is 6.01. The van der Waals surface area contributed by atoms with Crippen LogP contribution < -0.4 is 14.9 Å². The first-order chi connectivity index (χ1) is 19.5. The molecular formula is C31H38N6O2S. The lowest BCUT2D eigenvalue weighted by atomic mass is 9.82. The molecule has 2 aliphatic rings. The van der Waals surface area contributed by atoms with Gasteiger partial charge in [-0.2, -0.15) is 4.98 Å². The molecule has 2 N–H and O–H groups in total. The van der Waals surface area contributed by atoms with Crippen molar-refractivity contribution >= 4 is 43.5 Å². The van der Waals surface area contributed by atoms with Crippen molar-refractivity contribution in [3.63, 3.8) is 0 Å². The average molecular weight is 559 g/mol. The molecule has 8 nitrogen and oxygen atoms in total. The van der Waals surface area contributed by atoms with E-state index >= 15 is 0 Å². The summed E-state index contributed by atoms with van der Waals surface area (Å²) < 4.78 is 29.1. The number of sulfonamides is 1. The largest absolute Gasteiger partial charge is 0.354 e. The lowest BCUT2D eigenvalue weighted by Gasteiger charge is -2.34. The quantitative estimate of drug-likeness (QED) is 0.323. The maximum atomic E-state index is 13.1. The smallest absolute Gasteiger partial charge is 0.241 e. The topological polar surface area (TPSA) is 90.5 Å². The lowest BCUT2D eigenvalue weighted by molar-refractivity contribution is 0.284. The molecule has 0 radical (unpaired) electrons. The van der Waals surface area contributed by atoms with Crippen LogP contribution in [-0.2, 0) is 10.0 Å². The van der Waals surface area contributed by atoms with Gasteiger partial charge in [-0.3, -0.25) is 0 Å². The van der Waals surface area contributed by atoms with Gasteiger partial charge in [0.05, 0.1) is 10.4 Å². The van der Waals surface area contributed by atoms with Gasteiger partial charge in [-0.05, 0) is 68.2 Å². The highest BCUT2D eigenvalue weighted by Crippen LogP contribution is 2.31. The zero-order valence-corrected chi connectivity index (χ0v) is 23.9. The van der Waals surface area contributed by atoms with Gasteiger partial charge in [0.1, 0.15) is 5.82 Å². The van der Waals surface area contributed by atoms with Gasteiger partial charge in [0.2, 0.25) is 16.0 Å². The zero-order chi connectivity index (χ0) is 27.5. The molecule has 1 aliphatic carbocycles. The zero-order valence-electron chi connectivity index (χ0n) is 23.1. The number of aromatic nitrogens is 2. The fourth-order valence-corrected chi connectivity index (χ4v) is 7.35. The summed E-state index contributed by atoms with van der Waals surface area (Å²) in [6, 6.07) is 21.3. The van der Waals surface area contributed by atoms with Crippen LogP contribution in [0, 0.1) is 11.8 Å². The van der Waals surface area contributed by atoms with E-state index in [1.165, 1.54) is 0 Å². The molecular weight excluding hydrogens is 520 g/mol. The van der Waals surface area contributed by atoms with Gasteiger partial charge in [-0.15, -0.1) is 0 Å². The first-order valence-electron chi connectivity index (χ1n) is 14.4. The number of nitrogens with one attached hydrogen (secondary N) is 2. The third kappa shape index (κ3) is 5.92. The van der Waals surface area contributed by atoms with Crippen molar-refractivity contribution in [3.05, 3.63) is 66.7 Å². The molecule has 0 spiro atoms. The van der Waals surface area contributed by atoms with E-state index in [2.05, 4.69) is 45.1 Å². The number of fused-ring (bicyclic) bond motifs is 2. The number of anilines is 2. The first-order valence-corrected chi connectivity index (χ1v) is 15.9. The van der Waals surface area contributed by atoms with E-state index < -0.39 is 10.0 Å². The minimum atomic E-state index is -3.57. The van der Waals surface area contributed by atoms with Crippen LogP contribution in [-0.4, -0.2) is 69.6 Å². The highest BCUT2D eigenvalue weighted by atomic mass is 32.2. The minimum Gasteiger partial charge on any atom is -0.354 e. The molecule has 6 rings (SSSR count). The molecule has 2 heterocycles.